The topological polar surface area (TPSA) is 39.7 Å². The Morgan fingerprint density at radius 1 is 1.02 bits per heavy atom. The van der Waals surface area contributed by atoms with Gasteiger partial charge in [-0.3, -0.25) is 0 Å². The van der Waals surface area contributed by atoms with Crippen LogP contribution in [0.4, 0.5) is 10.1 Å². The summed E-state index contributed by atoms with van der Waals surface area (Å²) >= 11 is 9.51. The summed E-state index contributed by atoms with van der Waals surface area (Å²) in [6.07, 6.45) is 6.76. The smallest absolute Gasteiger partial charge is 0.132 e. The summed E-state index contributed by atoms with van der Waals surface area (Å²) in [5.41, 5.74) is 2.83. The second-order valence-corrected chi connectivity index (χ2v) is 12.8. The van der Waals surface area contributed by atoms with Crippen molar-refractivity contribution >= 4 is 33.2 Å². The molecule has 0 saturated heterocycles. The number of nitrogens with one attached hydrogen (secondary N) is 1. The van der Waals surface area contributed by atoms with Crippen LogP contribution in [0, 0.1) is 11.7 Å². The molecule has 0 amide bonds. The summed E-state index contributed by atoms with van der Waals surface area (Å²) in [4.78, 5) is 0. The second kappa shape index (κ2) is 13.2. The van der Waals surface area contributed by atoms with Crippen molar-refractivity contribution in [2.75, 3.05) is 11.9 Å². The van der Waals surface area contributed by atoms with Gasteiger partial charge in [0, 0.05) is 39.5 Å². The normalized spacial score (nSPS) is 20.5. The first-order valence-electron chi connectivity index (χ1n) is 14.3. The molecule has 1 saturated carbocycles. The van der Waals surface area contributed by atoms with Gasteiger partial charge in [0.2, 0.25) is 0 Å². The minimum absolute atomic E-state index is 0.126. The van der Waals surface area contributed by atoms with Crippen molar-refractivity contribution in [3.05, 3.63) is 92.7 Å². The number of rotatable bonds is 10. The minimum atomic E-state index is -0.677. The van der Waals surface area contributed by atoms with Gasteiger partial charge in [0.25, 0.3) is 0 Å². The van der Waals surface area contributed by atoms with E-state index >= 15 is 0 Å². The highest BCUT2D eigenvalue weighted by molar-refractivity contribution is 9.10. The number of anilines is 1. The van der Waals surface area contributed by atoms with Gasteiger partial charge in [-0.1, -0.05) is 77.8 Å². The third-order valence-electron chi connectivity index (χ3n) is 8.02. The maximum absolute atomic E-state index is 14.7. The van der Waals surface area contributed by atoms with E-state index in [0.717, 1.165) is 29.0 Å². The molecule has 7 heteroatoms. The van der Waals surface area contributed by atoms with Crippen LogP contribution in [0.3, 0.4) is 0 Å². The molecule has 3 aromatic carbocycles. The molecule has 2 unspecified atom stereocenters. The SMILES string of the molecule is CC1(C)Oc2ccc(NCc3cccc(Cl)c3)cc2C(OCCC2CCCCC2)C1OCc1ccc(Br)cc1F. The van der Waals surface area contributed by atoms with Crippen molar-refractivity contribution in [2.24, 2.45) is 5.92 Å². The summed E-state index contributed by atoms with van der Waals surface area (Å²) < 4.78 is 35.0. The molecule has 0 spiro atoms. The predicted molar refractivity (Wildman–Crippen MR) is 162 cm³/mol. The van der Waals surface area contributed by atoms with Gasteiger partial charge in [0.05, 0.1) is 6.61 Å². The van der Waals surface area contributed by atoms with Gasteiger partial charge in [-0.05, 0) is 74.2 Å². The lowest BCUT2D eigenvalue weighted by Gasteiger charge is -2.44. The quantitative estimate of drug-likeness (QED) is 0.242. The van der Waals surface area contributed by atoms with Crippen LogP contribution in [-0.4, -0.2) is 18.3 Å². The summed E-state index contributed by atoms with van der Waals surface area (Å²) in [6, 6.07) is 19.0. The van der Waals surface area contributed by atoms with Gasteiger partial charge in [-0.15, -0.1) is 0 Å². The van der Waals surface area contributed by atoms with E-state index in [2.05, 4.69) is 27.3 Å². The average molecular weight is 631 g/mol. The number of hydrogen-bond donors (Lipinski definition) is 1. The van der Waals surface area contributed by atoms with Crippen LogP contribution in [0.2, 0.25) is 5.02 Å². The van der Waals surface area contributed by atoms with Crippen molar-refractivity contribution in [3.63, 3.8) is 0 Å². The maximum Gasteiger partial charge on any atom is 0.132 e. The predicted octanol–water partition coefficient (Wildman–Crippen LogP) is 9.64. The van der Waals surface area contributed by atoms with Crippen molar-refractivity contribution < 1.29 is 18.6 Å². The second-order valence-electron chi connectivity index (χ2n) is 11.5. The van der Waals surface area contributed by atoms with Crippen molar-refractivity contribution in [1.29, 1.82) is 0 Å². The first-order chi connectivity index (χ1) is 19.3. The molecule has 1 N–H and O–H groups in total. The Kier molecular flexibility index (Phi) is 9.72. The molecular weight excluding hydrogens is 593 g/mol. The molecule has 1 fully saturated rings. The van der Waals surface area contributed by atoms with Gasteiger partial charge in [0.1, 0.15) is 29.4 Å². The van der Waals surface area contributed by atoms with E-state index < -0.39 is 11.7 Å². The molecule has 1 heterocycles. The van der Waals surface area contributed by atoms with E-state index in [0.29, 0.717) is 34.1 Å². The molecule has 0 radical (unpaired) electrons. The van der Waals surface area contributed by atoms with Gasteiger partial charge in [-0.25, -0.2) is 4.39 Å². The van der Waals surface area contributed by atoms with E-state index in [4.69, 9.17) is 25.8 Å². The molecule has 40 heavy (non-hydrogen) atoms. The number of benzene rings is 3. The zero-order chi connectivity index (χ0) is 28.1. The standard InChI is InChI=1S/C33H38BrClFNO3/c1-33(2)32(39-21-24-11-12-25(34)18-29(24)36)31(38-16-15-22-7-4-3-5-8-22)28-19-27(13-14-30(28)40-33)37-20-23-9-6-10-26(35)17-23/h6,9-14,17-19,22,31-32,37H,3-5,7-8,15-16,20-21H2,1-2H3. The van der Waals surface area contributed by atoms with Crippen molar-refractivity contribution in [2.45, 2.75) is 83.3 Å². The molecule has 0 aromatic heterocycles. The van der Waals surface area contributed by atoms with Crippen LogP contribution in [0.15, 0.2) is 65.1 Å². The third-order valence-corrected chi connectivity index (χ3v) is 8.75. The van der Waals surface area contributed by atoms with Gasteiger partial charge in [0.15, 0.2) is 0 Å². The van der Waals surface area contributed by atoms with E-state index in [-0.39, 0.29) is 18.5 Å². The number of halogens is 3. The van der Waals surface area contributed by atoms with Crippen molar-refractivity contribution in [3.8, 4) is 5.75 Å². The summed E-state index contributed by atoms with van der Waals surface area (Å²) in [6.45, 7) is 5.45. The zero-order valence-electron chi connectivity index (χ0n) is 23.2. The Morgan fingerprint density at radius 3 is 2.62 bits per heavy atom. The molecule has 5 rings (SSSR count). The summed E-state index contributed by atoms with van der Waals surface area (Å²) in [5.74, 6) is 1.20. The molecule has 2 aliphatic rings. The Labute approximate surface area is 250 Å². The van der Waals surface area contributed by atoms with Gasteiger partial charge in [-0.2, -0.15) is 0 Å². The van der Waals surface area contributed by atoms with Gasteiger partial charge < -0.3 is 19.5 Å². The molecule has 4 nitrogen and oxygen atoms in total. The van der Waals surface area contributed by atoms with E-state index in [1.807, 2.05) is 56.3 Å². The van der Waals surface area contributed by atoms with Crippen LogP contribution >= 0.6 is 27.5 Å². The van der Waals surface area contributed by atoms with Crippen LogP contribution in [0.25, 0.3) is 0 Å². The lowest BCUT2D eigenvalue weighted by molar-refractivity contribution is -0.168. The minimum Gasteiger partial charge on any atom is -0.485 e. The number of hydrogen-bond acceptors (Lipinski definition) is 4. The fourth-order valence-corrected chi connectivity index (χ4v) is 6.36. The largest absolute Gasteiger partial charge is 0.485 e. The Bertz CT molecular complexity index is 1300. The maximum atomic E-state index is 14.7. The van der Waals surface area contributed by atoms with Crippen LogP contribution in [0.1, 0.15) is 75.2 Å². The highest BCUT2D eigenvalue weighted by Gasteiger charge is 2.46. The fourth-order valence-electron chi connectivity index (χ4n) is 5.81. The molecule has 1 aliphatic carbocycles. The highest BCUT2D eigenvalue weighted by atomic mass is 79.9. The van der Waals surface area contributed by atoms with E-state index in [9.17, 15) is 4.39 Å². The van der Waals surface area contributed by atoms with Crippen molar-refractivity contribution in [1.82, 2.24) is 0 Å². The lowest BCUT2D eigenvalue weighted by Crippen LogP contribution is -2.51. The van der Waals surface area contributed by atoms with Gasteiger partial charge >= 0.3 is 0 Å². The fraction of sp³-hybridized carbons (Fsp3) is 0.455. The summed E-state index contributed by atoms with van der Waals surface area (Å²) in [5, 5.41) is 4.22. The Morgan fingerprint density at radius 2 is 1.85 bits per heavy atom. The van der Waals surface area contributed by atoms with Crippen LogP contribution in [-0.2, 0) is 22.6 Å². The van der Waals surface area contributed by atoms with E-state index in [1.54, 1.807) is 6.07 Å². The summed E-state index contributed by atoms with van der Waals surface area (Å²) in [7, 11) is 0. The zero-order valence-corrected chi connectivity index (χ0v) is 25.6. The third kappa shape index (κ3) is 7.39. The Hall–Kier alpha value is -2.12. The highest BCUT2D eigenvalue weighted by Crippen LogP contribution is 2.45. The van der Waals surface area contributed by atoms with E-state index in [1.165, 1.54) is 38.2 Å². The lowest BCUT2D eigenvalue weighted by atomic mass is 9.86. The monoisotopic (exact) mass is 629 g/mol. The van der Waals surface area contributed by atoms with Crippen LogP contribution < -0.4 is 10.1 Å². The number of fused-ring (bicyclic) bond motifs is 1. The van der Waals surface area contributed by atoms with Crippen LogP contribution in [0.5, 0.6) is 5.75 Å². The molecule has 1 aliphatic heterocycles. The molecule has 3 aromatic rings. The molecule has 2 atom stereocenters. The first-order valence-corrected chi connectivity index (χ1v) is 15.4. The molecule has 0 bridgehead atoms. The molecular formula is C33H38BrClFNO3. The average Bonchev–Trinajstić information content (AvgIpc) is 2.92. The molecule has 214 valence electrons. The Balaban J connectivity index is 1.37. The number of ether oxygens (including phenoxy) is 3. The first kappa shape index (κ1) is 29.4.